The summed E-state index contributed by atoms with van der Waals surface area (Å²) in [6.07, 6.45) is 0.921. The zero-order valence-corrected chi connectivity index (χ0v) is 12.5. The van der Waals surface area contributed by atoms with E-state index in [4.69, 9.17) is 0 Å². The Labute approximate surface area is 114 Å². The lowest BCUT2D eigenvalue weighted by atomic mass is 10.1. The highest BCUT2D eigenvalue weighted by atomic mass is 19.1. The van der Waals surface area contributed by atoms with E-state index in [0.29, 0.717) is 0 Å². The molecule has 2 nitrogen and oxygen atoms in total. The highest BCUT2D eigenvalue weighted by molar-refractivity contribution is 5.85. The number of nitrogens with one attached hydrogen (secondary N) is 1. The van der Waals surface area contributed by atoms with Crippen molar-refractivity contribution in [2.45, 2.75) is 39.7 Å². The van der Waals surface area contributed by atoms with Crippen LogP contribution in [0.2, 0.25) is 0 Å². The van der Waals surface area contributed by atoms with Gasteiger partial charge in [-0.2, -0.15) is 0 Å². The van der Waals surface area contributed by atoms with Crippen molar-refractivity contribution in [2.75, 3.05) is 6.54 Å². The van der Waals surface area contributed by atoms with Crippen LogP contribution in [0.25, 0.3) is 10.9 Å². The summed E-state index contributed by atoms with van der Waals surface area (Å²) >= 11 is 0. The second-order valence-corrected chi connectivity index (χ2v) is 6.21. The standard InChI is InChI=1S/C16H23FN2/c1-11-13(8-9-18-16(2,3)4)14-10-12(17)6-7-15(14)19(11)5/h6-7,10,18H,8-9H2,1-5H3. The Kier molecular flexibility index (Phi) is 3.68. The molecule has 104 valence electrons. The van der Waals surface area contributed by atoms with Crippen LogP contribution in [-0.4, -0.2) is 16.7 Å². The summed E-state index contributed by atoms with van der Waals surface area (Å²) in [5.41, 5.74) is 3.68. The van der Waals surface area contributed by atoms with Gasteiger partial charge in [0.1, 0.15) is 5.82 Å². The molecular formula is C16H23FN2. The molecule has 0 aliphatic heterocycles. The molecule has 0 saturated heterocycles. The van der Waals surface area contributed by atoms with E-state index < -0.39 is 0 Å². The molecule has 0 amide bonds. The van der Waals surface area contributed by atoms with Gasteiger partial charge in [0.25, 0.3) is 0 Å². The van der Waals surface area contributed by atoms with Gasteiger partial charge in [-0.3, -0.25) is 0 Å². The molecule has 2 aromatic rings. The first-order chi connectivity index (χ1) is 8.79. The van der Waals surface area contributed by atoms with E-state index in [1.807, 2.05) is 13.1 Å². The smallest absolute Gasteiger partial charge is 0.123 e. The lowest BCUT2D eigenvalue weighted by Crippen LogP contribution is -2.37. The van der Waals surface area contributed by atoms with Crippen molar-refractivity contribution in [1.82, 2.24) is 9.88 Å². The third kappa shape index (κ3) is 2.98. The minimum Gasteiger partial charge on any atom is -0.348 e. The van der Waals surface area contributed by atoms with Crippen molar-refractivity contribution in [1.29, 1.82) is 0 Å². The maximum absolute atomic E-state index is 13.4. The molecule has 3 heteroatoms. The molecule has 0 bridgehead atoms. The molecule has 0 radical (unpaired) electrons. The van der Waals surface area contributed by atoms with Gasteiger partial charge in [-0.25, -0.2) is 4.39 Å². The fraction of sp³-hybridized carbons (Fsp3) is 0.500. The first-order valence-corrected chi connectivity index (χ1v) is 6.78. The van der Waals surface area contributed by atoms with E-state index in [9.17, 15) is 4.39 Å². The van der Waals surface area contributed by atoms with Crippen molar-refractivity contribution < 1.29 is 4.39 Å². The normalized spacial score (nSPS) is 12.3. The van der Waals surface area contributed by atoms with Crippen molar-refractivity contribution in [2.24, 2.45) is 7.05 Å². The van der Waals surface area contributed by atoms with Crippen molar-refractivity contribution in [3.05, 3.63) is 35.3 Å². The molecule has 0 spiro atoms. The molecule has 1 N–H and O–H groups in total. The van der Waals surface area contributed by atoms with Gasteiger partial charge in [0, 0.05) is 29.2 Å². The number of benzene rings is 1. The van der Waals surface area contributed by atoms with Crippen LogP contribution >= 0.6 is 0 Å². The summed E-state index contributed by atoms with van der Waals surface area (Å²) in [5, 5.41) is 4.52. The molecule has 0 atom stereocenters. The van der Waals surface area contributed by atoms with E-state index >= 15 is 0 Å². The molecule has 0 aliphatic rings. The Balaban J connectivity index is 2.32. The highest BCUT2D eigenvalue weighted by Crippen LogP contribution is 2.26. The van der Waals surface area contributed by atoms with Gasteiger partial charge in [0.05, 0.1) is 0 Å². The quantitative estimate of drug-likeness (QED) is 0.895. The zero-order valence-electron chi connectivity index (χ0n) is 12.5. The lowest BCUT2D eigenvalue weighted by Gasteiger charge is -2.20. The van der Waals surface area contributed by atoms with E-state index in [1.54, 1.807) is 6.07 Å². The van der Waals surface area contributed by atoms with E-state index in [1.165, 1.54) is 17.3 Å². The van der Waals surface area contributed by atoms with Crippen molar-refractivity contribution in [3.8, 4) is 0 Å². The van der Waals surface area contributed by atoms with Gasteiger partial charge in [-0.05, 0) is 64.4 Å². The summed E-state index contributed by atoms with van der Waals surface area (Å²) in [7, 11) is 2.04. The molecule has 19 heavy (non-hydrogen) atoms. The third-order valence-electron chi connectivity index (χ3n) is 3.62. The van der Waals surface area contributed by atoms with Gasteiger partial charge in [-0.15, -0.1) is 0 Å². The van der Waals surface area contributed by atoms with E-state index in [2.05, 4.69) is 37.6 Å². The topological polar surface area (TPSA) is 17.0 Å². The lowest BCUT2D eigenvalue weighted by molar-refractivity contribution is 0.429. The number of aromatic nitrogens is 1. The molecule has 1 heterocycles. The Hall–Kier alpha value is -1.35. The second kappa shape index (κ2) is 4.97. The Morgan fingerprint density at radius 1 is 1.26 bits per heavy atom. The van der Waals surface area contributed by atoms with Crippen LogP contribution in [-0.2, 0) is 13.5 Å². The summed E-state index contributed by atoms with van der Waals surface area (Å²) in [6, 6.07) is 5.03. The number of aryl methyl sites for hydroxylation is 1. The first kappa shape index (κ1) is 14.1. The zero-order chi connectivity index (χ0) is 14.2. The van der Waals surface area contributed by atoms with Crippen LogP contribution in [0.4, 0.5) is 4.39 Å². The maximum atomic E-state index is 13.4. The minimum absolute atomic E-state index is 0.115. The average molecular weight is 262 g/mol. The van der Waals surface area contributed by atoms with E-state index in [-0.39, 0.29) is 11.4 Å². The van der Waals surface area contributed by atoms with Crippen LogP contribution < -0.4 is 5.32 Å². The Morgan fingerprint density at radius 3 is 2.58 bits per heavy atom. The van der Waals surface area contributed by atoms with Crippen LogP contribution in [0, 0.1) is 12.7 Å². The SMILES string of the molecule is Cc1c(CCNC(C)(C)C)c2cc(F)ccc2n1C. The largest absolute Gasteiger partial charge is 0.348 e. The van der Waals surface area contributed by atoms with Gasteiger partial charge < -0.3 is 9.88 Å². The Bertz CT molecular complexity index is 591. The Morgan fingerprint density at radius 2 is 1.95 bits per heavy atom. The van der Waals surface area contributed by atoms with Gasteiger partial charge in [0.15, 0.2) is 0 Å². The van der Waals surface area contributed by atoms with Crippen LogP contribution in [0.1, 0.15) is 32.0 Å². The number of hydrogen-bond donors (Lipinski definition) is 1. The van der Waals surface area contributed by atoms with Gasteiger partial charge >= 0.3 is 0 Å². The number of rotatable bonds is 3. The molecule has 0 aliphatic carbocycles. The van der Waals surface area contributed by atoms with Crippen LogP contribution in [0.5, 0.6) is 0 Å². The monoisotopic (exact) mass is 262 g/mol. The molecule has 1 aromatic carbocycles. The predicted octanol–water partition coefficient (Wildman–Crippen LogP) is 3.56. The number of halogens is 1. The molecule has 0 unspecified atom stereocenters. The molecular weight excluding hydrogens is 239 g/mol. The van der Waals surface area contributed by atoms with Crippen molar-refractivity contribution in [3.63, 3.8) is 0 Å². The minimum atomic E-state index is -0.164. The second-order valence-electron chi connectivity index (χ2n) is 6.21. The third-order valence-corrected chi connectivity index (χ3v) is 3.62. The summed E-state index contributed by atoms with van der Waals surface area (Å²) in [4.78, 5) is 0. The molecule has 0 fully saturated rings. The fourth-order valence-electron chi connectivity index (χ4n) is 2.50. The summed E-state index contributed by atoms with van der Waals surface area (Å²) < 4.78 is 15.6. The van der Waals surface area contributed by atoms with E-state index in [0.717, 1.165) is 23.9 Å². The predicted molar refractivity (Wildman–Crippen MR) is 79.1 cm³/mol. The number of hydrogen-bond acceptors (Lipinski definition) is 1. The fourth-order valence-corrected chi connectivity index (χ4v) is 2.50. The maximum Gasteiger partial charge on any atom is 0.123 e. The van der Waals surface area contributed by atoms with Gasteiger partial charge in [-0.1, -0.05) is 0 Å². The number of fused-ring (bicyclic) bond motifs is 1. The van der Waals surface area contributed by atoms with Gasteiger partial charge in [0.2, 0.25) is 0 Å². The van der Waals surface area contributed by atoms with Crippen LogP contribution in [0.3, 0.4) is 0 Å². The first-order valence-electron chi connectivity index (χ1n) is 6.78. The molecule has 2 rings (SSSR count). The molecule has 1 aromatic heterocycles. The average Bonchev–Trinajstić information content (AvgIpc) is 2.52. The highest BCUT2D eigenvalue weighted by Gasteiger charge is 2.14. The summed E-state index contributed by atoms with van der Waals surface area (Å²) in [6.45, 7) is 9.47. The van der Waals surface area contributed by atoms with Crippen molar-refractivity contribution >= 4 is 10.9 Å². The summed E-state index contributed by atoms with van der Waals surface area (Å²) in [5.74, 6) is -0.164. The molecule has 0 saturated carbocycles. The number of nitrogens with zero attached hydrogens (tertiary/aromatic N) is 1. The van der Waals surface area contributed by atoms with Crippen LogP contribution in [0.15, 0.2) is 18.2 Å².